The molecule has 0 amide bonds. The molecule has 0 radical (unpaired) electrons. The maximum Gasteiger partial charge on any atom is 0.134 e. The quantitative estimate of drug-likeness (QED) is 0.562. The summed E-state index contributed by atoms with van der Waals surface area (Å²) in [4.78, 5) is 12.5. The smallest absolute Gasteiger partial charge is 0.134 e. The molecule has 21 heavy (non-hydrogen) atoms. The monoisotopic (exact) mass is 286 g/mol. The Morgan fingerprint density at radius 2 is 1.76 bits per heavy atom. The molecule has 2 unspecified atom stereocenters. The lowest BCUT2D eigenvalue weighted by molar-refractivity contribution is -0.161. The summed E-state index contributed by atoms with van der Waals surface area (Å²) >= 11 is 0. The second-order valence-electron chi connectivity index (χ2n) is 9.71. The summed E-state index contributed by atoms with van der Waals surface area (Å²) in [7, 11) is 0. The molecule has 0 aromatic carbocycles. The van der Waals surface area contributed by atoms with Gasteiger partial charge in [0.1, 0.15) is 5.78 Å². The van der Waals surface area contributed by atoms with Gasteiger partial charge in [0.2, 0.25) is 0 Å². The Balaban J connectivity index is 1.77. The normalized spacial score (nSPS) is 51.5. The van der Waals surface area contributed by atoms with Crippen molar-refractivity contribution in [2.45, 2.75) is 72.1 Å². The zero-order valence-corrected chi connectivity index (χ0v) is 14.0. The van der Waals surface area contributed by atoms with E-state index >= 15 is 0 Å². The Kier molecular flexibility index (Phi) is 2.69. The Hall–Kier alpha value is -0.590. The van der Waals surface area contributed by atoms with Crippen molar-refractivity contribution in [2.24, 2.45) is 34.0 Å². The number of hydrogen-bond donors (Lipinski definition) is 0. The van der Waals surface area contributed by atoms with Crippen LogP contribution in [0.15, 0.2) is 12.2 Å². The standard InChI is InChI=1S/C20H30O/c1-13-9-20-8-7-16-18(2,3)11-15(21)12-19(16,4)17(20)6-5-14(13)10-20/h14,16-17H,1,5-12H2,2-4H3/t14?,16-,17+,19?,20-/m1/s1. The van der Waals surface area contributed by atoms with E-state index in [9.17, 15) is 4.79 Å². The van der Waals surface area contributed by atoms with Crippen LogP contribution in [0.2, 0.25) is 0 Å². The first kappa shape index (κ1) is 14.0. The summed E-state index contributed by atoms with van der Waals surface area (Å²) in [6.07, 6.45) is 9.72. The van der Waals surface area contributed by atoms with Gasteiger partial charge >= 0.3 is 0 Å². The van der Waals surface area contributed by atoms with Crippen LogP contribution < -0.4 is 0 Å². The summed E-state index contributed by atoms with van der Waals surface area (Å²) in [6, 6.07) is 0. The lowest BCUT2D eigenvalue weighted by Crippen LogP contribution is -2.57. The van der Waals surface area contributed by atoms with E-state index in [4.69, 9.17) is 0 Å². The number of hydrogen-bond acceptors (Lipinski definition) is 1. The number of Topliss-reactive ketones (excluding diaryl/α,β-unsaturated/α-hetero) is 1. The van der Waals surface area contributed by atoms with E-state index in [0.29, 0.717) is 11.2 Å². The maximum atomic E-state index is 12.5. The molecular weight excluding hydrogens is 256 g/mol. The number of allylic oxidation sites excluding steroid dienone is 1. The second-order valence-corrected chi connectivity index (χ2v) is 9.71. The maximum absolute atomic E-state index is 12.5. The van der Waals surface area contributed by atoms with Crippen LogP contribution in [-0.2, 0) is 4.79 Å². The molecule has 0 aromatic rings. The van der Waals surface area contributed by atoms with E-state index in [1.54, 1.807) is 0 Å². The highest BCUT2D eigenvalue weighted by Crippen LogP contribution is 2.71. The molecule has 4 saturated carbocycles. The zero-order chi connectivity index (χ0) is 15.0. The Labute approximate surface area is 129 Å². The predicted molar refractivity (Wildman–Crippen MR) is 85.9 cm³/mol. The molecule has 5 atom stereocenters. The van der Waals surface area contributed by atoms with Crippen molar-refractivity contribution in [1.29, 1.82) is 0 Å². The summed E-state index contributed by atoms with van der Waals surface area (Å²) in [6.45, 7) is 11.6. The molecule has 4 aliphatic carbocycles. The molecule has 1 heteroatoms. The lowest BCUT2D eigenvalue weighted by Gasteiger charge is -2.63. The summed E-state index contributed by atoms with van der Waals surface area (Å²) in [5.74, 6) is 2.83. The van der Waals surface area contributed by atoms with Crippen molar-refractivity contribution >= 4 is 5.78 Å². The number of ketones is 1. The van der Waals surface area contributed by atoms with Crippen molar-refractivity contribution in [1.82, 2.24) is 0 Å². The van der Waals surface area contributed by atoms with Gasteiger partial charge in [-0.2, -0.15) is 0 Å². The van der Waals surface area contributed by atoms with Crippen LogP contribution in [0.25, 0.3) is 0 Å². The van der Waals surface area contributed by atoms with E-state index in [1.165, 1.54) is 44.1 Å². The molecule has 1 nitrogen and oxygen atoms in total. The number of rotatable bonds is 0. The number of carbonyl (C=O) groups is 1. The van der Waals surface area contributed by atoms with Crippen molar-refractivity contribution in [2.75, 3.05) is 0 Å². The Bertz CT molecular complexity index is 516. The highest BCUT2D eigenvalue weighted by molar-refractivity contribution is 5.81. The van der Waals surface area contributed by atoms with Crippen LogP contribution in [0.3, 0.4) is 0 Å². The molecule has 0 heterocycles. The Morgan fingerprint density at radius 1 is 1.00 bits per heavy atom. The minimum atomic E-state index is 0.207. The molecule has 0 N–H and O–H groups in total. The largest absolute Gasteiger partial charge is 0.300 e. The molecule has 0 aromatic heterocycles. The fraction of sp³-hybridized carbons (Fsp3) is 0.850. The highest BCUT2D eigenvalue weighted by Gasteiger charge is 2.63. The SMILES string of the molecule is C=C1C[C@@]23CC[C@@H]4C(C)(C)CC(=O)CC4(C)[C@@H]2CCC1C3. The van der Waals surface area contributed by atoms with Crippen LogP contribution in [0, 0.1) is 34.0 Å². The highest BCUT2D eigenvalue weighted by atomic mass is 16.1. The third kappa shape index (κ3) is 1.72. The van der Waals surface area contributed by atoms with Crippen molar-refractivity contribution < 1.29 is 4.79 Å². The summed E-state index contributed by atoms with van der Waals surface area (Å²) < 4.78 is 0. The van der Waals surface area contributed by atoms with Crippen LogP contribution in [0.1, 0.15) is 72.1 Å². The molecule has 1 spiro atoms. The van der Waals surface area contributed by atoms with Crippen LogP contribution >= 0.6 is 0 Å². The average molecular weight is 286 g/mol. The van der Waals surface area contributed by atoms with Gasteiger partial charge in [-0.1, -0.05) is 32.9 Å². The minimum Gasteiger partial charge on any atom is -0.300 e. The van der Waals surface area contributed by atoms with Gasteiger partial charge in [-0.05, 0) is 72.5 Å². The third-order valence-electron chi connectivity index (χ3n) is 8.05. The van der Waals surface area contributed by atoms with Crippen LogP contribution in [0.4, 0.5) is 0 Å². The third-order valence-corrected chi connectivity index (χ3v) is 8.05. The van der Waals surface area contributed by atoms with E-state index in [-0.39, 0.29) is 10.8 Å². The number of carbonyl (C=O) groups excluding carboxylic acids is 1. The number of fused-ring (bicyclic) bond motifs is 3. The molecule has 4 rings (SSSR count). The van der Waals surface area contributed by atoms with Gasteiger partial charge in [0.05, 0.1) is 0 Å². The molecule has 0 saturated heterocycles. The van der Waals surface area contributed by atoms with Gasteiger partial charge in [-0.15, -0.1) is 0 Å². The van der Waals surface area contributed by atoms with Crippen LogP contribution in [0.5, 0.6) is 0 Å². The lowest BCUT2D eigenvalue weighted by atomic mass is 9.41. The first-order chi connectivity index (χ1) is 9.77. The van der Waals surface area contributed by atoms with Gasteiger partial charge in [-0.3, -0.25) is 4.79 Å². The fourth-order valence-electron chi connectivity index (χ4n) is 7.60. The van der Waals surface area contributed by atoms with Crippen molar-refractivity contribution in [3.05, 3.63) is 12.2 Å². The van der Waals surface area contributed by atoms with E-state index < -0.39 is 0 Å². The second kappa shape index (κ2) is 4.03. The molecule has 0 aliphatic heterocycles. The van der Waals surface area contributed by atoms with Crippen LogP contribution in [-0.4, -0.2) is 5.78 Å². The van der Waals surface area contributed by atoms with E-state index in [2.05, 4.69) is 27.4 Å². The van der Waals surface area contributed by atoms with Gasteiger partial charge in [0.25, 0.3) is 0 Å². The van der Waals surface area contributed by atoms with Gasteiger partial charge in [-0.25, -0.2) is 0 Å². The van der Waals surface area contributed by atoms with Gasteiger partial charge < -0.3 is 0 Å². The van der Waals surface area contributed by atoms with Gasteiger partial charge in [0, 0.05) is 12.8 Å². The zero-order valence-electron chi connectivity index (χ0n) is 14.0. The first-order valence-electron chi connectivity index (χ1n) is 8.96. The topological polar surface area (TPSA) is 17.1 Å². The first-order valence-corrected chi connectivity index (χ1v) is 8.96. The minimum absolute atomic E-state index is 0.207. The average Bonchev–Trinajstić information content (AvgIpc) is 2.57. The summed E-state index contributed by atoms with van der Waals surface area (Å²) in [5.41, 5.74) is 2.50. The predicted octanol–water partition coefficient (Wildman–Crippen LogP) is 5.15. The van der Waals surface area contributed by atoms with Gasteiger partial charge in [0.15, 0.2) is 0 Å². The molecule has 116 valence electrons. The van der Waals surface area contributed by atoms with E-state index in [0.717, 1.165) is 30.6 Å². The Morgan fingerprint density at radius 3 is 2.52 bits per heavy atom. The van der Waals surface area contributed by atoms with Crippen molar-refractivity contribution in [3.63, 3.8) is 0 Å². The molecular formula is C20H30O. The van der Waals surface area contributed by atoms with Crippen molar-refractivity contribution in [3.8, 4) is 0 Å². The molecule has 4 aliphatic rings. The molecule has 2 bridgehead atoms. The summed E-state index contributed by atoms with van der Waals surface area (Å²) in [5, 5.41) is 0. The fourth-order valence-corrected chi connectivity index (χ4v) is 7.60. The molecule has 4 fully saturated rings. The van der Waals surface area contributed by atoms with E-state index in [1.807, 2.05) is 0 Å².